The molecule has 0 bridgehead atoms. The minimum Gasteiger partial charge on any atom is -0.459 e. The van der Waals surface area contributed by atoms with Gasteiger partial charge >= 0.3 is 0 Å². The van der Waals surface area contributed by atoms with E-state index in [1.54, 1.807) is 7.11 Å². The van der Waals surface area contributed by atoms with Crippen molar-refractivity contribution in [2.75, 3.05) is 13.7 Å². The van der Waals surface area contributed by atoms with Crippen molar-refractivity contribution in [3.8, 4) is 0 Å². The molecule has 0 unspecified atom stereocenters. The molecule has 0 spiro atoms. The molecular weight excluding hydrogens is 226 g/mol. The van der Waals surface area contributed by atoms with Crippen LogP contribution < -0.4 is 5.73 Å². The second-order valence-corrected chi connectivity index (χ2v) is 4.53. The third-order valence-electron chi connectivity index (χ3n) is 3.22. The van der Waals surface area contributed by atoms with E-state index in [1.165, 1.54) is 16.5 Å². The van der Waals surface area contributed by atoms with Crippen LogP contribution in [0.5, 0.6) is 0 Å². The van der Waals surface area contributed by atoms with Crippen molar-refractivity contribution in [1.29, 1.82) is 0 Å². The van der Waals surface area contributed by atoms with Crippen LogP contribution >= 0.6 is 0 Å². The van der Waals surface area contributed by atoms with E-state index in [0.29, 0.717) is 6.54 Å². The molecule has 2 N–H and O–H groups in total. The molecule has 0 fully saturated rings. The summed E-state index contributed by atoms with van der Waals surface area (Å²) in [6, 6.07) is 6.35. The Morgan fingerprint density at radius 2 is 2.11 bits per heavy atom. The first kappa shape index (κ1) is 13.1. The van der Waals surface area contributed by atoms with Gasteiger partial charge in [-0.2, -0.15) is 0 Å². The predicted molar refractivity (Wildman–Crippen MR) is 73.7 cm³/mol. The minimum absolute atomic E-state index is 0.470. The summed E-state index contributed by atoms with van der Waals surface area (Å²) in [6.45, 7) is 3.39. The van der Waals surface area contributed by atoms with Crippen LogP contribution in [0.15, 0.2) is 22.6 Å². The van der Waals surface area contributed by atoms with Gasteiger partial charge in [-0.3, -0.25) is 0 Å². The van der Waals surface area contributed by atoms with Gasteiger partial charge in [-0.1, -0.05) is 19.4 Å². The van der Waals surface area contributed by atoms with Crippen molar-refractivity contribution >= 4 is 11.0 Å². The monoisotopic (exact) mass is 247 g/mol. The predicted octanol–water partition coefficient (Wildman–Crippen LogP) is 3.03. The van der Waals surface area contributed by atoms with Gasteiger partial charge in [0, 0.05) is 18.1 Å². The first-order valence-electron chi connectivity index (χ1n) is 6.52. The Hall–Kier alpha value is -1.32. The maximum atomic E-state index is 5.80. The Morgan fingerprint density at radius 1 is 1.28 bits per heavy atom. The zero-order valence-electron chi connectivity index (χ0n) is 11.2. The zero-order chi connectivity index (χ0) is 13.0. The average Bonchev–Trinajstić information content (AvgIpc) is 2.74. The molecule has 2 aromatic rings. The van der Waals surface area contributed by atoms with Gasteiger partial charge in [-0.15, -0.1) is 0 Å². The first-order valence-corrected chi connectivity index (χ1v) is 6.52. The maximum absolute atomic E-state index is 5.80. The van der Waals surface area contributed by atoms with E-state index < -0.39 is 0 Å². The van der Waals surface area contributed by atoms with E-state index in [1.807, 2.05) is 6.07 Å². The number of rotatable bonds is 6. The van der Waals surface area contributed by atoms with Crippen LogP contribution in [-0.2, 0) is 24.1 Å². The van der Waals surface area contributed by atoms with Gasteiger partial charge in [-0.05, 0) is 30.5 Å². The fraction of sp³-hybridized carbons (Fsp3) is 0.467. The fourth-order valence-electron chi connectivity index (χ4n) is 2.31. The van der Waals surface area contributed by atoms with Gasteiger partial charge in [0.2, 0.25) is 0 Å². The molecule has 0 aliphatic carbocycles. The average molecular weight is 247 g/mol. The zero-order valence-corrected chi connectivity index (χ0v) is 11.2. The Morgan fingerprint density at radius 3 is 2.78 bits per heavy atom. The molecule has 0 aliphatic heterocycles. The second kappa shape index (κ2) is 6.03. The summed E-state index contributed by atoms with van der Waals surface area (Å²) < 4.78 is 10.9. The molecule has 0 saturated heterocycles. The lowest BCUT2D eigenvalue weighted by atomic mass is 10.0. The summed E-state index contributed by atoms with van der Waals surface area (Å²) in [7, 11) is 1.73. The smallest absolute Gasteiger partial charge is 0.134 e. The molecule has 0 amide bonds. The Bertz CT molecular complexity index is 516. The summed E-state index contributed by atoms with van der Waals surface area (Å²) in [5.74, 6) is 0.927. The van der Waals surface area contributed by atoms with Crippen LogP contribution in [0.2, 0.25) is 0 Å². The van der Waals surface area contributed by atoms with Gasteiger partial charge < -0.3 is 14.9 Å². The standard InChI is InChI=1S/C15H21NO2/c1-3-4-12-13-9-11(7-8-17-2)5-6-14(13)18-15(12)10-16/h5-6,9H,3-4,7-8,10,16H2,1-2H3. The summed E-state index contributed by atoms with van der Waals surface area (Å²) in [5, 5.41) is 1.21. The summed E-state index contributed by atoms with van der Waals surface area (Å²) in [4.78, 5) is 0. The van der Waals surface area contributed by atoms with Crippen molar-refractivity contribution in [1.82, 2.24) is 0 Å². The minimum atomic E-state index is 0.470. The highest BCUT2D eigenvalue weighted by Crippen LogP contribution is 2.28. The summed E-state index contributed by atoms with van der Waals surface area (Å²) in [5.41, 5.74) is 9.25. The molecule has 2 rings (SSSR count). The van der Waals surface area contributed by atoms with Gasteiger partial charge in [0.15, 0.2) is 0 Å². The number of furan rings is 1. The van der Waals surface area contributed by atoms with Crippen LogP contribution in [0.4, 0.5) is 0 Å². The molecule has 1 aromatic carbocycles. The van der Waals surface area contributed by atoms with E-state index >= 15 is 0 Å². The number of fused-ring (bicyclic) bond motifs is 1. The van der Waals surface area contributed by atoms with Crippen molar-refractivity contribution in [2.24, 2.45) is 5.73 Å². The van der Waals surface area contributed by atoms with Crippen molar-refractivity contribution in [2.45, 2.75) is 32.7 Å². The quantitative estimate of drug-likeness (QED) is 0.853. The lowest BCUT2D eigenvalue weighted by Crippen LogP contribution is -1.98. The molecule has 18 heavy (non-hydrogen) atoms. The summed E-state index contributed by atoms with van der Waals surface area (Å²) in [6.07, 6.45) is 3.05. The molecule has 0 radical (unpaired) electrons. The van der Waals surface area contributed by atoms with E-state index in [9.17, 15) is 0 Å². The van der Waals surface area contributed by atoms with Crippen LogP contribution in [0.3, 0.4) is 0 Å². The second-order valence-electron chi connectivity index (χ2n) is 4.53. The molecule has 98 valence electrons. The van der Waals surface area contributed by atoms with Crippen LogP contribution in [-0.4, -0.2) is 13.7 Å². The maximum Gasteiger partial charge on any atom is 0.134 e. The normalized spacial score (nSPS) is 11.3. The van der Waals surface area contributed by atoms with Crippen LogP contribution in [0.25, 0.3) is 11.0 Å². The number of benzene rings is 1. The molecule has 3 nitrogen and oxygen atoms in total. The highest BCUT2D eigenvalue weighted by atomic mass is 16.5. The van der Waals surface area contributed by atoms with E-state index in [4.69, 9.17) is 14.9 Å². The SMILES string of the molecule is CCCc1c(CN)oc2ccc(CCOC)cc12. The molecule has 0 atom stereocenters. The van der Waals surface area contributed by atoms with Crippen LogP contribution in [0, 0.1) is 0 Å². The van der Waals surface area contributed by atoms with Gasteiger partial charge in [0.1, 0.15) is 11.3 Å². The number of aryl methyl sites for hydroxylation is 1. The van der Waals surface area contributed by atoms with Crippen molar-refractivity contribution in [3.05, 3.63) is 35.1 Å². The molecular formula is C15H21NO2. The van der Waals surface area contributed by atoms with Crippen LogP contribution in [0.1, 0.15) is 30.2 Å². The molecule has 0 saturated carbocycles. The van der Waals surface area contributed by atoms with E-state index in [0.717, 1.165) is 37.2 Å². The number of methoxy groups -OCH3 is 1. The third-order valence-corrected chi connectivity index (χ3v) is 3.22. The lowest BCUT2D eigenvalue weighted by molar-refractivity contribution is 0.202. The van der Waals surface area contributed by atoms with Gasteiger partial charge in [0.25, 0.3) is 0 Å². The largest absolute Gasteiger partial charge is 0.459 e. The first-order chi connectivity index (χ1) is 8.80. The highest BCUT2D eigenvalue weighted by molar-refractivity contribution is 5.83. The van der Waals surface area contributed by atoms with Gasteiger partial charge in [0.05, 0.1) is 13.2 Å². The molecule has 1 heterocycles. The lowest BCUT2D eigenvalue weighted by Gasteiger charge is -2.02. The van der Waals surface area contributed by atoms with E-state index in [-0.39, 0.29) is 0 Å². The number of nitrogens with two attached hydrogens (primary N) is 1. The van der Waals surface area contributed by atoms with Gasteiger partial charge in [-0.25, -0.2) is 0 Å². The fourth-order valence-corrected chi connectivity index (χ4v) is 2.31. The van der Waals surface area contributed by atoms with E-state index in [2.05, 4.69) is 19.1 Å². The molecule has 0 aliphatic rings. The number of ether oxygens (including phenoxy) is 1. The number of hydrogen-bond donors (Lipinski definition) is 1. The molecule has 1 aromatic heterocycles. The van der Waals surface area contributed by atoms with Crippen molar-refractivity contribution < 1.29 is 9.15 Å². The third kappa shape index (κ3) is 2.57. The summed E-state index contributed by atoms with van der Waals surface area (Å²) >= 11 is 0. The Kier molecular flexibility index (Phi) is 4.39. The number of hydrogen-bond acceptors (Lipinski definition) is 3. The Balaban J connectivity index is 2.42. The Labute approximate surface area is 108 Å². The highest BCUT2D eigenvalue weighted by Gasteiger charge is 2.12. The van der Waals surface area contributed by atoms with Crippen molar-refractivity contribution in [3.63, 3.8) is 0 Å². The molecule has 3 heteroatoms. The topological polar surface area (TPSA) is 48.4 Å².